The number of carbonyl (C=O) groups is 2. The summed E-state index contributed by atoms with van der Waals surface area (Å²) in [4.78, 5) is 23.0. The molecule has 0 bridgehead atoms. The molecule has 0 radical (unpaired) electrons. The van der Waals surface area contributed by atoms with Crippen LogP contribution in [0.1, 0.15) is 37.8 Å². The van der Waals surface area contributed by atoms with Crippen LogP contribution in [-0.2, 0) is 14.3 Å². The fourth-order valence-corrected chi connectivity index (χ4v) is 1.84. The molecule has 0 spiro atoms. The largest absolute Gasteiger partial charge is 0.452 e. The van der Waals surface area contributed by atoms with Gasteiger partial charge in [-0.3, -0.25) is 4.79 Å². The average molecular weight is 300 g/mol. The third-order valence-corrected chi connectivity index (χ3v) is 2.93. The fourth-order valence-electron chi connectivity index (χ4n) is 1.84. The van der Waals surface area contributed by atoms with Gasteiger partial charge in [0, 0.05) is 12.1 Å². The molecule has 116 valence electrons. The Morgan fingerprint density at radius 1 is 1.36 bits per heavy atom. The van der Waals surface area contributed by atoms with Crippen molar-refractivity contribution in [1.29, 1.82) is 5.26 Å². The van der Waals surface area contributed by atoms with Crippen molar-refractivity contribution in [3.63, 3.8) is 0 Å². The highest BCUT2D eigenvalue weighted by molar-refractivity contribution is 5.89. The maximum absolute atomic E-state index is 11.5. The summed E-state index contributed by atoms with van der Waals surface area (Å²) in [6, 6.07) is 8.86. The van der Waals surface area contributed by atoms with Crippen LogP contribution in [0.3, 0.4) is 0 Å². The summed E-state index contributed by atoms with van der Waals surface area (Å²) in [6.45, 7) is 3.66. The number of nitriles is 1. The highest BCUT2D eigenvalue weighted by atomic mass is 16.5. The van der Waals surface area contributed by atoms with Crippen molar-refractivity contribution >= 4 is 18.0 Å². The van der Waals surface area contributed by atoms with E-state index >= 15 is 0 Å². The Hall–Kier alpha value is -2.61. The first kappa shape index (κ1) is 17.4. The number of hydrogen-bond donors (Lipinski definition) is 1. The zero-order valence-corrected chi connectivity index (χ0v) is 12.8. The van der Waals surface area contributed by atoms with E-state index < -0.39 is 5.97 Å². The highest BCUT2D eigenvalue weighted by Crippen LogP contribution is 2.05. The third-order valence-electron chi connectivity index (χ3n) is 2.93. The lowest BCUT2D eigenvalue weighted by atomic mass is 10.1. The molecule has 1 N–H and O–H groups in total. The van der Waals surface area contributed by atoms with E-state index in [0.717, 1.165) is 18.4 Å². The SMILES string of the molecule is CCC[C@H](C)NC(=O)COC(=O)/C=C/c1ccc(C#N)cc1. The van der Waals surface area contributed by atoms with Crippen LogP contribution in [0.2, 0.25) is 0 Å². The molecule has 0 saturated heterocycles. The number of amides is 1. The van der Waals surface area contributed by atoms with E-state index in [9.17, 15) is 9.59 Å². The van der Waals surface area contributed by atoms with Crippen molar-refractivity contribution in [3.8, 4) is 6.07 Å². The normalized spacial score (nSPS) is 11.7. The van der Waals surface area contributed by atoms with Crippen LogP contribution in [0.5, 0.6) is 0 Å². The van der Waals surface area contributed by atoms with E-state index in [4.69, 9.17) is 10.00 Å². The Kier molecular flexibility index (Phi) is 7.41. The summed E-state index contributed by atoms with van der Waals surface area (Å²) in [5.74, 6) is -0.885. The standard InChI is InChI=1S/C17H20N2O3/c1-3-4-13(2)19-16(20)12-22-17(21)10-9-14-5-7-15(11-18)8-6-14/h5-10,13H,3-4,12H2,1-2H3,(H,19,20)/b10-9+/t13-/m0/s1. The molecule has 0 aliphatic rings. The van der Waals surface area contributed by atoms with E-state index in [0.29, 0.717) is 5.56 Å². The summed E-state index contributed by atoms with van der Waals surface area (Å²) >= 11 is 0. The molecular formula is C17H20N2O3. The second-order valence-corrected chi connectivity index (χ2v) is 4.93. The van der Waals surface area contributed by atoms with Gasteiger partial charge in [-0.15, -0.1) is 0 Å². The number of nitrogens with one attached hydrogen (secondary N) is 1. The maximum Gasteiger partial charge on any atom is 0.331 e. The Morgan fingerprint density at radius 3 is 2.64 bits per heavy atom. The van der Waals surface area contributed by atoms with Crippen LogP contribution in [0.15, 0.2) is 30.3 Å². The molecule has 1 aromatic carbocycles. The summed E-state index contributed by atoms with van der Waals surface area (Å²) < 4.78 is 4.86. The number of rotatable bonds is 7. The van der Waals surface area contributed by atoms with Crippen molar-refractivity contribution in [2.45, 2.75) is 32.7 Å². The van der Waals surface area contributed by atoms with Gasteiger partial charge in [-0.2, -0.15) is 5.26 Å². The van der Waals surface area contributed by atoms with Crippen LogP contribution >= 0.6 is 0 Å². The number of nitrogens with zero attached hydrogens (tertiary/aromatic N) is 1. The van der Waals surface area contributed by atoms with E-state index in [1.807, 2.05) is 19.9 Å². The van der Waals surface area contributed by atoms with Gasteiger partial charge in [0.25, 0.3) is 5.91 Å². The molecule has 5 heteroatoms. The van der Waals surface area contributed by atoms with Gasteiger partial charge in [-0.1, -0.05) is 25.5 Å². The Balaban J connectivity index is 2.37. The van der Waals surface area contributed by atoms with Crippen molar-refractivity contribution < 1.29 is 14.3 Å². The van der Waals surface area contributed by atoms with Gasteiger partial charge in [0.1, 0.15) is 0 Å². The third kappa shape index (κ3) is 6.71. The summed E-state index contributed by atoms with van der Waals surface area (Å²) in [5.41, 5.74) is 1.33. The molecule has 22 heavy (non-hydrogen) atoms. The van der Waals surface area contributed by atoms with Gasteiger partial charge in [-0.25, -0.2) is 4.79 Å². The molecule has 1 aromatic rings. The average Bonchev–Trinajstić information content (AvgIpc) is 2.51. The summed E-state index contributed by atoms with van der Waals surface area (Å²) in [7, 11) is 0. The van der Waals surface area contributed by atoms with Gasteiger partial charge in [0.15, 0.2) is 6.61 Å². The van der Waals surface area contributed by atoms with E-state index in [1.165, 1.54) is 6.08 Å². The van der Waals surface area contributed by atoms with Crippen molar-refractivity contribution in [2.24, 2.45) is 0 Å². The number of hydrogen-bond acceptors (Lipinski definition) is 4. The molecule has 0 aromatic heterocycles. The Morgan fingerprint density at radius 2 is 2.05 bits per heavy atom. The number of carbonyl (C=O) groups excluding carboxylic acids is 2. The quantitative estimate of drug-likeness (QED) is 0.619. The fraction of sp³-hybridized carbons (Fsp3) is 0.353. The van der Waals surface area contributed by atoms with Gasteiger partial charge < -0.3 is 10.1 Å². The minimum Gasteiger partial charge on any atom is -0.452 e. The molecule has 1 atom stereocenters. The predicted molar refractivity (Wildman–Crippen MR) is 83.7 cm³/mol. The smallest absolute Gasteiger partial charge is 0.331 e. The Labute approximate surface area is 130 Å². The molecule has 0 heterocycles. The monoisotopic (exact) mass is 300 g/mol. The minimum absolute atomic E-state index is 0.0744. The zero-order chi connectivity index (χ0) is 16.4. The van der Waals surface area contributed by atoms with Crippen LogP contribution in [-0.4, -0.2) is 24.5 Å². The van der Waals surface area contributed by atoms with Crippen molar-refractivity contribution in [2.75, 3.05) is 6.61 Å². The van der Waals surface area contributed by atoms with E-state index in [1.54, 1.807) is 30.3 Å². The first-order valence-electron chi connectivity index (χ1n) is 7.19. The number of ether oxygens (including phenoxy) is 1. The van der Waals surface area contributed by atoms with Gasteiger partial charge in [-0.05, 0) is 37.1 Å². The Bertz CT molecular complexity index is 571. The lowest BCUT2D eigenvalue weighted by Crippen LogP contribution is -2.35. The van der Waals surface area contributed by atoms with Crippen molar-refractivity contribution in [1.82, 2.24) is 5.32 Å². The van der Waals surface area contributed by atoms with Crippen LogP contribution < -0.4 is 5.32 Å². The molecule has 0 unspecified atom stereocenters. The molecule has 0 saturated carbocycles. The molecule has 1 amide bonds. The lowest BCUT2D eigenvalue weighted by Gasteiger charge is -2.12. The molecule has 0 aliphatic heterocycles. The van der Waals surface area contributed by atoms with E-state index in [2.05, 4.69) is 5.32 Å². The predicted octanol–water partition coefficient (Wildman–Crippen LogP) is 2.42. The molecule has 0 aliphatic carbocycles. The lowest BCUT2D eigenvalue weighted by molar-refractivity contribution is -0.144. The first-order chi connectivity index (χ1) is 10.5. The molecule has 5 nitrogen and oxygen atoms in total. The second-order valence-electron chi connectivity index (χ2n) is 4.93. The summed E-state index contributed by atoms with van der Waals surface area (Å²) in [6.07, 6.45) is 4.69. The number of esters is 1. The summed E-state index contributed by atoms with van der Waals surface area (Å²) in [5, 5.41) is 11.4. The molecular weight excluding hydrogens is 280 g/mol. The van der Waals surface area contributed by atoms with Crippen molar-refractivity contribution in [3.05, 3.63) is 41.5 Å². The van der Waals surface area contributed by atoms with Gasteiger partial charge in [0.05, 0.1) is 11.6 Å². The molecule has 1 rings (SSSR count). The highest BCUT2D eigenvalue weighted by Gasteiger charge is 2.08. The van der Waals surface area contributed by atoms with Crippen LogP contribution in [0.4, 0.5) is 0 Å². The van der Waals surface area contributed by atoms with Gasteiger partial charge in [0.2, 0.25) is 0 Å². The number of benzene rings is 1. The van der Waals surface area contributed by atoms with Crippen LogP contribution in [0, 0.1) is 11.3 Å². The first-order valence-corrected chi connectivity index (χ1v) is 7.19. The molecule has 0 fully saturated rings. The zero-order valence-electron chi connectivity index (χ0n) is 12.8. The topological polar surface area (TPSA) is 79.2 Å². The van der Waals surface area contributed by atoms with Crippen LogP contribution in [0.25, 0.3) is 6.08 Å². The van der Waals surface area contributed by atoms with E-state index in [-0.39, 0.29) is 18.6 Å². The minimum atomic E-state index is -0.581. The van der Waals surface area contributed by atoms with Gasteiger partial charge >= 0.3 is 5.97 Å². The second kappa shape index (κ2) is 9.35. The maximum atomic E-state index is 11.5.